The zero-order valence-corrected chi connectivity index (χ0v) is 11.4. The molecule has 0 bridgehead atoms. The lowest BCUT2D eigenvalue weighted by Crippen LogP contribution is -2.38. The number of ether oxygens (including phenoxy) is 2. The van der Waals surface area contributed by atoms with Gasteiger partial charge in [-0.2, -0.15) is 0 Å². The Balaban J connectivity index is 2.00. The first-order chi connectivity index (χ1) is 9.25. The van der Waals surface area contributed by atoms with Crippen molar-refractivity contribution < 1.29 is 9.47 Å². The average molecular weight is 263 g/mol. The van der Waals surface area contributed by atoms with Crippen molar-refractivity contribution in [2.75, 3.05) is 25.6 Å². The van der Waals surface area contributed by atoms with Crippen LogP contribution < -0.4 is 5.73 Å². The summed E-state index contributed by atoms with van der Waals surface area (Å²) in [6.07, 6.45) is 4.75. The standard InChI is InChI=1S/C14H21N3O2/c1-2-19-14(6-8-18-9-7-14)13-16-11-5-3-4-10(11)12(15)17-13/h2-9H2,1H3,(H2,15,16,17). The minimum Gasteiger partial charge on any atom is -0.383 e. The molecule has 0 unspecified atom stereocenters. The third-order valence-corrected chi connectivity index (χ3v) is 4.09. The second-order valence-corrected chi connectivity index (χ2v) is 5.25. The van der Waals surface area contributed by atoms with Crippen LogP contribution >= 0.6 is 0 Å². The molecule has 2 heterocycles. The second kappa shape index (κ2) is 5.06. The highest BCUT2D eigenvalue weighted by Gasteiger charge is 2.39. The summed E-state index contributed by atoms with van der Waals surface area (Å²) < 4.78 is 11.5. The lowest BCUT2D eigenvalue weighted by atomic mass is 9.92. The lowest BCUT2D eigenvalue weighted by Gasteiger charge is -2.35. The fourth-order valence-electron chi connectivity index (χ4n) is 3.08. The molecule has 5 heteroatoms. The van der Waals surface area contributed by atoms with Crippen LogP contribution in [-0.2, 0) is 27.9 Å². The van der Waals surface area contributed by atoms with Crippen molar-refractivity contribution in [3.05, 3.63) is 17.1 Å². The third-order valence-electron chi connectivity index (χ3n) is 4.09. The van der Waals surface area contributed by atoms with Crippen molar-refractivity contribution >= 4 is 5.82 Å². The fourth-order valence-corrected chi connectivity index (χ4v) is 3.08. The zero-order chi connectivity index (χ0) is 13.3. The molecule has 5 nitrogen and oxygen atoms in total. The fraction of sp³-hybridized carbons (Fsp3) is 0.714. The molecule has 2 N–H and O–H groups in total. The van der Waals surface area contributed by atoms with E-state index in [9.17, 15) is 0 Å². The van der Waals surface area contributed by atoms with Gasteiger partial charge in [0.05, 0.1) is 0 Å². The number of aryl methyl sites for hydroxylation is 1. The van der Waals surface area contributed by atoms with E-state index >= 15 is 0 Å². The van der Waals surface area contributed by atoms with Crippen LogP contribution in [0.1, 0.15) is 43.3 Å². The summed E-state index contributed by atoms with van der Waals surface area (Å²) in [5.41, 5.74) is 7.95. The molecule has 1 aromatic rings. The normalized spacial score (nSPS) is 21.3. The van der Waals surface area contributed by atoms with E-state index in [1.165, 1.54) is 0 Å². The Hall–Kier alpha value is -1.20. The Labute approximate surface area is 113 Å². The Kier molecular flexibility index (Phi) is 3.41. The largest absolute Gasteiger partial charge is 0.383 e. The van der Waals surface area contributed by atoms with E-state index in [1.54, 1.807) is 0 Å². The molecular formula is C14H21N3O2. The van der Waals surface area contributed by atoms with E-state index in [2.05, 4.69) is 4.98 Å². The van der Waals surface area contributed by atoms with Gasteiger partial charge in [0.25, 0.3) is 0 Å². The second-order valence-electron chi connectivity index (χ2n) is 5.25. The van der Waals surface area contributed by atoms with E-state index in [4.69, 9.17) is 20.2 Å². The molecule has 0 amide bonds. The van der Waals surface area contributed by atoms with Crippen molar-refractivity contribution in [3.63, 3.8) is 0 Å². The maximum atomic E-state index is 6.10. The van der Waals surface area contributed by atoms with Gasteiger partial charge >= 0.3 is 0 Å². The molecule has 1 aliphatic heterocycles. The van der Waals surface area contributed by atoms with E-state index in [0.717, 1.165) is 49.2 Å². The van der Waals surface area contributed by atoms with Gasteiger partial charge in [0.15, 0.2) is 5.82 Å². The van der Waals surface area contributed by atoms with Crippen LogP contribution in [0.2, 0.25) is 0 Å². The number of hydrogen-bond acceptors (Lipinski definition) is 5. The number of fused-ring (bicyclic) bond motifs is 1. The molecule has 0 atom stereocenters. The molecule has 2 aliphatic rings. The predicted octanol–water partition coefficient (Wildman–Crippen LogP) is 1.59. The molecule has 1 saturated heterocycles. The maximum Gasteiger partial charge on any atom is 0.163 e. The molecular weight excluding hydrogens is 242 g/mol. The van der Waals surface area contributed by atoms with Crippen LogP contribution in [0, 0.1) is 0 Å². The van der Waals surface area contributed by atoms with Crippen LogP contribution in [0.5, 0.6) is 0 Å². The quantitative estimate of drug-likeness (QED) is 0.896. The van der Waals surface area contributed by atoms with E-state index in [0.29, 0.717) is 25.6 Å². The van der Waals surface area contributed by atoms with Gasteiger partial charge in [-0.25, -0.2) is 9.97 Å². The highest BCUT2D eigenvalue weighted by Crippen LogP contribution is 2.36. The highest BCUT2D eigenvalue weighted by molar-refractivity contribution is 5.45. The molecule has 3 rings (SSSR count). The topological polar surface area (TPSA) is 70.3 Å². The summed E-state index contributed by atoms with van der Waals surface area (Å²) in [6.45, 7) is 4.05. The van der Waals surface area contributed by atoms with Gasteiger partial charge < -0.3 is 15.2 Å². The Morgan fingerprint density at radius 3 is 2.79 bits per heavy atom. The Morgan fingerprint density at radius 1 is 1.26 bits per heavy atom. The SMILES string of the molecule is CCOC1(c2nc(N)c3c(n2)CCC3)CCOCC1. The number of rotatable bonds is 3. The summed E-state index contributed by atoms with van der Waals surface area (Å²) in [7, 11) is 0. The van der Waals surface area contributed by atoms with Gasteiger partial charge in [-0.05, 0) is 26.2 Å². The van der Waals surface area contributed by atoms with Gasteiger partial charge in [-0.3, -0.25) is 0 Å². The Morgan fingerprint density at radius 2 is 2.05 bits per heavy atom. The summed E-state index contributed by atoms with van der Waals surface area (Å²) in [5, 5.41) is 0. The molecule has 0 spiro atoms. The summed E-state index contributed by atoms with van der Waals surface area (Å²) in [5.74, 6) is 1.40. The minimum absolute atomic E-state index is 0.404. The van der Waals surface area contributed by atoms with Gasteiger partial charge in [-0.1, -0.05) is 0 Å². The number of nitrogen functional groups attached to an aromatic ring is 1. The lowest BCUT2D eigenvalue weighted by molar-refractivity contribution is -0.117. The summed E-state index contributed by atoms with van der Waals surface area (Å²) >= 11 is 0. The highest BCUT2D eigenvalue weighted by atomic mass is 16.5. The average Bonchev–Trinajstić information content (AvgIpc) is 2.89. The number of aromatic nitrogens is 2. The molecule has 0 saturated carbocycles. The van der Waals surface area contributed by atoms with Crippen molar-refractivity contribution in [3.8, 4) is 0 Å². The number of nitrogens with two attached hydrogens (primary N) is 1. The van der Waals surface area contributed by atoms with E-state index in [1.807, 2.05) is 6.92 Å². The summed E-state index contributed by atoms with van der Waals surface area (Å²) in [4.78, 5) is 9.30. The van der Waals surface area contributed by atoms with Crippen LogP contribution in [0.4, 0.5) is 5.82 Å². The van der Waals surface area contributed by atoms with Crippen LogP contribution in [0.25, 0.3) is 0 Å². The van der Waals surface area contributed by atoms with Crippen LogP contribution in [0.3, 0.4) is 0 Å². The van der Waals surface area contributed by atoms with E-state index in [-0.39, 0.29) is 0 Å². The first kappa shape index (κ1) is 12.8. The van der Waals surface area contributed by atoms with Gasteiger partial charge in [-0.15, -0.1) is 0 Å². The Bertz CT molecular complexity index is 464. The maximum absolute atomic E-state index is 6.10. The molecule has 1 fully saturated rings. The summed E-state index contributed by atoms with van der Waals surface area (Å²) in [6, 6.07) is 0. The first-order valence-electron chi connectivity index (χ1n) is 7.12. The predicted molar refractivity (Wildman–Crippen MR) is 71.8 cm³/mol. The van der Waals surface area contributed by atoms with E-state index < -0.39 is 5.60 Å². The minimum atomic E-state index is -0.404. The van der Waals surface area contributed by atoms with Crippen molar-refractivity contribution in [2.45, 2.75) is 44.6 Å². The van der Waals surface area contributed by atoms with Crippen LogP contribution in [-0.4, -0.2) is 29.8 Å². The molecule has 19 heavy (non-hydrogen) atoms. The molecule has 1 aliphatic carbocycles. The number of anilines is 1. The number of hydrogen-bond donors (Lipinski definition) is 1. The van der Waals surface area contributed by atoms with Crippen molar-refractivity contribution in [1.82, 2.24) is 9.97 Å². The monoisotopic (exact) mass is 263 g/mol. The van der Waals surface area contributed by atoms with Gasteiger partial charge in [0, 0.05) is 43.9 Å². The zero-order valence-electron chi connectivity index (χ0n) is 11.4. The van der Waals surface area contributed by atoms with Crippen molar-refractivity contribution in [1.29, 1.82) is 0 Å². The molecule has 0 radical (unpaired) electrons. The van der Waals surface area contributed by atoms with Gasteiger partial charge in [0.1, 0.15) is 11.4 Å². The molecule has 104 valence electrons. The van der Waals surface area contributed by atoms with Gasteiger partial charge in [0.2, 0.25) is 0 Å². The molecule has 1 aromatic heterocycles. The third kappa shape index (κ3) is 2.21. The van der Waals surface area contributed by atoms with Crippen molar-refractivity contribution in [2.24, 2.45) is 0 Å². The van der Waals surface area contributed by atoms with Crippen LogP contribution in [0.15, 0.2) is 0 Å². The molecule has 0 aromatic carbocycles. The smallest absolute Gasteiger partial charge is 0.163 e. The first-order valence-corrected chi connectivity index (χ1v) is 7.12. The number of nitrogens with zero attached hydrogens (tertiary/aromatic N) is 2.